The molecule has 1 amide bonds. The number of carbonyl (C=O) groups is 2. The Hall–Kier alpha value is -2.33. The van der Waals surface area contributed by atoms with Crippen LogP contribution in [0.15, 0.2) is 27.8 Å². The molecular formula is C26H32BrFN4O3S. The number of rotatable bonds is 6. The molecule has 0 radical (unpaired) electrons. The number of hydrogen-bond acceptors (Lipinski definition) is 7. The van der Waals surface area contributed by atoms with Gasteiger partial charge in [-0.1, -0.05) is 0 Å². The van der Waals surface area contributed by atoms with Gasteiger partial charge < -0.3 is 19.9 Å². The fraction of sp³-hybridized carbons (Fsp3) is 0.500. The second-order valence-corrected chi connectivity index (χ2v) is 12.2. The van der Waals surface area contributed by atoms with Gasteiger partial charge in [0.25, 0.3) is 0 Å². The monoisotopic (exact) mass is 578 g/mol. The molecule has 0 spiro atoms. The number of ether oxygens (including phenoxy) is 1. The highest BCUT2D eigenvalue weighted by atomic mass is 79.9. The lowest BCUT2D eigenvalue weighted by molar-refractivity contribution is 0.0239. The van der Waals surface area contributed by atoms with Crippen molar-refractivity contribution >= 4 is 56.2 Å². The van der Waals surface area contributed by atoms with Crippen LogP contribution in [0.2, 0.25) is 0 Å². The van der Waals surface area contributed by atoms with Crippen molar-refractivity contribution in [3.63, 3.8) is 0 Å². The van der Waals surface area contributed by atoms with E-state index in [0.717, 1.165) is 6.42 Å². The number of thioether (sulfide) groups is 1. The maximum atomic E-state index is 15.3. The number of benzene rings is 1. The second-order valence-electron chi connectivity index (χ2n) is 10.6. The number of amides is 1. The number of halogens is 2. The SMILES string of the molecule is CSc1nc2c(F)c(Br)c(C)cc2c(N[C@H]2[C@@H]3C[C@H]2N(C(=O)OC(C)(C)C)C3)c1C(=O)/C=C/N(C)C. The minimum atomic E-state index is -0.581. The molecule has 2 aliphatic heterocycles. The number of hydrogen-bond donors (Lipinski definition) is 1. The van der Waals surface area contributed by atoms with Crippen LogP contribution in [-0.4, -0.2) is 71.2 Å². The third kappa shape index (κ3) is 4.94. The van der Waals surface area contributed by atoms with Crippen molar-refractivity contribution in [2.24, 2.45) is 5.92 Å². The fourth-order valence-electron chi connectivity index (χ4n) is 4.80. The molecule has 3 atom stereocenters. The van der Waals surface area contributed by atoms with E-state index in [1.54, 1.807) is 16.0 Å². The number of nitrogens with one attached hydrogen (secondary N) is 1. The van der Waals surface area contributed by atoms with E-state index >= 15 is 4.39 Å². The zero-order chi connectivity index (χ0) is 26.5. The smallest absolute Gasteiger partial charge is 0.410 e. The van der Waals surface area contributed by atoms with E-state index in [2.05, 4.69) is 26.2 Å². The highest BCUT2D eigenvalue weighted by molar-refractivity contribution is 9.10. The fourth-order valence-corrected chi connectivity index (χ4v) is 5.69. The average molecular weight is 580 g/mol. The lowest BCUT2D eigenvalue weighted by Crippen LogP contribution is -2.50. The Labute approximate surface area is 223 Å². The first-order valence-electron chi connectivity index (χ1n) is 11.8. The summed E-state index contributed by atoms with van der Waals surface area (Å²) in [6.07, 6.45) is 5.53. The Balaban J connectivity index is 1.80. The first-order chi connectivity index (χ1) is 16.8. The molecule has 10 heteroatoms. The number of nitrogens with zero attached hydrogens (tertiary/aromatic N) is 3. The number of fused-ring (bicyclic) bond motifs is 2. The molecule has 3 heterocycles. The number of allylic oxidation sites excluding steroid dienone is 1. The van der Waals surface area contributed by atoms with E-state index in [0.29, 0.717) is 38.2 Å². The maximum absolute atomic E-state index is 15.3. The number of aryl methyl sites for hydroxylation is 1. The molecule has 1 saturated carbocycles. The van der Waals surface area contributed by atoms with Gasteiger partial charge in [0, 0.05) is 44.2 Å². The van der Waals surface area contributed by atoms with Gasteiger partial charge in [0.05, 0.1) is 27.8 Å². The van der Waals surface area contributed by atoms with Crippen LogP contribution in [0.4, 0.5) is 14.9 Å². The first-order valence-corrected chi connectivity index (χ1v) is 13.9. The molecule has 1 aliphatic carbocycles. The van der Waals surface area contributed by atoms with Crippen molar-refractivity contribution in [3.8, 4) is 0 Å². The van der Waals surface area contributed by atoms with E-state index in [4.69, 9.17) is 4.74 Å². The molecule has 1 aromatic heterocycles. The quantitative estimate of drug-likeness (QED) is 0.262. The van der Waals surface area contributed by atoms with E-state index in [9.17, 15) is 9.59 Å². The van der Waals surface area contributed by atoms with Crippen LogP contribution in [0, 0.1) is 18.7 Å². The Morgan fingerprint density at radius 1 is 1.36 bits per heavy atom. The minimum absolute atomic E-state index is 0.0625. The van der Waals surface area contributed by atoms with Crippen LogP contribution < -0.4 is 5.32 Å². The third-order valence-electron chi connectivity index (χ3n) is 6.51. The average Bonchev–Trinajstić information content (AvgIpc) is 3.38. The van der Waals surface area contributed by atoms with Crippen LogP contribution in [0.5, 0.6) is 0 Å². The minimum Gasteiger partial charge on any atom is -0.444 e. The normalized spacial score (nSPS) is 21.1. The predicted octanol–water partition coefficient (Wildman–Crippen LogP) is 5.84. The zero-order valence-electron chi connectivity index (χ0n) is 21.6. The summed E-state index contributed by atoms with van der Waals surface area (Å²) in [6.45, 7) is 7.94. The van der Waals surface area contributed by atoms with E-state index in [1.807, 2.05) is 54.1 Å². The maximum Gasteiger partial charge on any atom is 0.410 e. The highest BCUT2D eigenvalue weighted by Crippen LogP contribution is 2.46. The molecule has 3 fully saturated rings. The molecule has 0 unspecified atom stereocenters. The summed E-state index contributed by atoms with van der Waals surface area (Å²) >= 11 is 4.63. The van der Waals surface area contributed by atoms with E-state index in [-0.39, 0.29) is 35.4 Å². The largest absolute Gasteiger partial charge is 0.444 e. The standard InChI is InChI=1S/C26H32BrFN4O3S/c1-13-10-15-22(29-21-14-11-16(21)32(12-14)25(34)35-26(2,3)4)18(17(33)8-9-31(5)6)24(36-7)30-23(15)20(28)19(13)27/h8-10,14,16,21H,11-12H2,1-7H3,(H,29,30)/b9-8+/t14-,16-,21+/m1/s1. The summed E-state index contributed by atoms with van der Waals surface area (Å²) < 4.78 is 21.3. The summed E-state index contributed by atoms with van der Waals surface area (Å²) in [5.74, 6) is -0.468. The number of pyridine rings is 1. The number of aromatic nitrogens is 1. The zero-order valence-corrected chi connectivity index (χ0v) is 24.0. The Kier molecular flexibility index (Phi) is 7.31. The molecule has 7 nitrogen and oxygen atoms in total. The predicted molar refractivity (Wildman–Crippen MR) is 145 cm³/mol. The molecular weight excluding hydrogens is 547 g/mol. The van der Waals surface area contributed by atoms with Crippen LogP contribution in [-0.2, 0) is 4.74 Å². The van der Waals surface area contributed by atoms with Gasteiger partial charge in [0.1, 0.15) is 16.1 Å². The Morgan fingerprint density at radius 2 is 2.06 bits per heavy atom. The van der Waals surface area contributed by atoms with E-state index < -0.39 is 11.4 Å². The summed E-state index contributed by atoms with van der Waals surface area (Å²) in [5.41, 5.74) is 1.28. The molecule has 1 N–H and O–H groups in total. The molecule has 1 aromatic carbocycles. The third-order valence-corrected chi connectivity index (χ3v) is 8.17. The number of carbonyl (C=O) groups excluding carboxylic acids is 2. The van der Waals surface area contributed by atoms with Gasteiger partial charge in [0.15, 0.2) is 11.6 Å². The van der Waals surface area contributed by atoms with Crippen LogP contribution in [0.1, 0.15) is 43.1 Å². The number of anilines is 1. The lowest BCUT2D eigenvalue weighted by atomic mass is 9.79. The molecule has 2 saturated heterocycles. The van der Waals surface area contributed by atoms with E-state index in [1.165, 1.54) is 17.8 Å². The van der Waals surface area contributed by atoms with Gasteiger partial charge in [-0.15, -0.1) is 11.8 Å². The van der Waals surface area contributed by atoms with Gasteiger partial charge in [0.2, 0.25) is 0 Å². The highest BCUT2D eigenvalue weighted by Gasteiger charge is 2.55. The van der Waals surface area contributed by atoms with Crippen LogP contribution >= 0.6 is 27.7 Å². The Bertz CT molecular complexity index is 1260. The van der Waals surface area contributed by atoms with Crippen molar-refractivity contribution in [2.45, 2.75) is 56.8 Å². The van der Waals surface area contributed by atoms with Crippen molar-refractivity contribution < 1.29 is 18.7 Å². The van der Waals surface area contributed by atoms with Gasteiger partial charge in [-0.2, -0.15) is 0 Å². The summed E-state index contributed by atoms with van der Waals surface area (Å²) in [4.78, 5) is 34.3. The summed E-state index contributed by atoms with van der Waals surface area (Å²) in [7, 11) is 3.68. The van der Waals surface area contributed by atoms with Gasteiger partial charge in [-0.25, -0.2) is 14.2 Å². The first kappa shape index (κ1) is 26.7. The van der Waals surface area contributed by atoms with Crippen LogP contribution in [0.25, 0.3) is 10.9 Å². The molecule has 3 aliphatic rings. The molecule has 2 aromatic rings. The van der Waals surface area contributed by atoms with Crippen LogP contribution in [0.3, 0.4) is 0 Å². The van der Waals surface area contributed by atoms with Gasteiger partial charge >= 0.3 is 6.09 Å². The molecule has 194 valence electrons. The molecule has 5 rings (SSSR count). The number of ketones is 1. The van der Waals surface area contributed by atoms with Crippen molar-refractivity contribution in [3.05, 3.63) is 39.8 Å². The van der Waals surface area contributed by atoms with Crippen molar-refractivity contribution in [1.29, 1.82) is 0 Å². The van der Waals surface area contributed by atoms with Crippen molar-refractivity contribution in [1.82, 2.24) is 14.8 Å². The van der Waals surface area contributed by atoms with Gasteiger partial charge in [-0.3, -0.25) is 4.79 Å². The summed E-state index contributed by atoms with van der Waals surface area (Å²) in [6, 6.07) is 1.71. The van der Waals surface area contributed by atoms with Crippen molar-refractivity contribution in [2.75, 3.05) is 32.2 Å². The second kappa shape index (κ2) is 9.85. The lowest BCUT2D eigenvalue weighted by Gasteiger charge is -2.38. The Morgan fingerprint density at radius 3 is 2.67 bits per heavy atom. The molecule has 2 bridgehead atoms. The summed E-state index contributed by atoms with van der Waals surface area (Å²) in [5, 5.41) is 4.56. The van der Waals surface area contributed by atoms with Gasteiger partial charge in [-0.05, 0) is 67.9 Å². The molecule has 36 heavy (non-hydrogen) atoms. The topological polar surface area (TPSA) is 74.8 Å².